The number of hydrogen-bond donors (Lipinski definition) is 1. The smallest absolute Gasteiger partial charge is 0.222 e. The zero-order chi connectivity index (χ0) is 12.3. The zero-order valence-corrected chi connectivity index (χ0v) is 10.9. The predicted molar refractivity (Wildman–Crippen MR) is 64.8 cm³/mol. The van der Waals surface area contributed by atoms with Crippen LogP contribution in [0.2, 0.25) is 0 Å². The van der Waals surface area contributed by atoms with Crippen molar-refractivity contribution in [3.8, 4) is 0 Å². The van der Waals surface area contributed by atoms with Gasteiger partial charge in [0.1, 0.15) is 0 Å². The van der Waals surface area contributed by atoms with Crippen LogP contribution in [0.4, 0.5) is 0 Å². The lowest BCUT2D eigenvalue weighted by molar-refractivity contribution is -0.129. The summed E-state index contributed by atoms with van der Waals surface area (Å²) in [6.45, 7) is 11.3. The molecule has 0 unspecified atom stereocenters. The maximum Gasteiger partial charge on any atom is 0.222 e. The highest BCUT2D eigenvalue weighted by Crippen LogP contribution is 2.07. The first-order valence-corrected chi connectivity index (χ1v) is 6.03. The van der Waals surface area contributed by atoms with E-state index >= 15 is 0 Å². The SMILES string of the molecule is CC.CC(C)O.CCC(=O)N1CCCC1. The second kappa shape index (κ2) is 11.5. The average molecular weight is 217 g/mol. The Morgan fingerprint density at radius 1 is 1.27 bits per heavy atom. The molecule has 0 bridgehead atoms. The molecule has 1 aliphatic rings. The predicted octanol–water partition coefficient (Wildman–Crippen LogP) is 2.43. The molecule has 3 nitrogen and oxygen atoms in total. The van der Waals surface area contributed by atoms with Gasteiger partial charge in [0.15, 0.2) is 0 Å². The average Bonchev–Trinajstić information content (AvgIpc) is 2.72. The molecule has 92 valence electrons. The highest BCUT2D eigenvalue weighted by atomic mass is 16.3. The second-order valence-electron chi connectivity index (χ2n) is 3.54. The third-order valence-electron chi connectivity index (χ3n) is 1.76. The Balaban J connectivity index is 0. The van der Waals surface area contributed by atoms with Gasteiger partial charge in [0.05, 0.1) is 0 Å². The summed E-state index contributed by atoms with van der Waals surface area (Å²) < 4.78 is 0. The third-order valence-corrected chi connectivity index (χ3v) is 1.76. The number of likely N-dealkylation sites (tertiary alicyclic amines) is 1. The lowest BCUT2D eigenvalue weighted by atomic mass is 10.4. The number of amides is 1. The van der Waals surface area contributed by atoms with E-state index in [4.69, 9.17) is 5.11 Å². The largest absolute Gasteiger partial charge is 0.394 e. The normalized spacial score (nSPS) is 13.9. The molecule has 1 rings (SSSR count). The highest BCUT2D eigenvalue weighted by Gasteiger charge is 2.14. The molecule has 1 fully saturated rings. The Labute approximate surface area is 94.5 Å². The van der Waals surface area contributed by atoms with E-state index < -0.39 is 0 Å². The van der Waals surface area contributed by atoms with Crippen molar-refractivity contribution in [1.29, 1.82) is 0 Å². The van der Waals surface area contributed by atoms with Gasteiger partial charge in [-0.1, -0.05) is 20.8 Å². The van der Waals surface area contributed by atoms with E-state index in [0.717, 1.165) is 13.1 Å². The number of aliphatic hydroxyl groups excluding tert-OH is 1. The zero-order valence-electron chi connectivity index (χ0n) is 10.9. The lowest BCUT2D eigenvalue weighted by Gasteiger charge is -2.12. The maximum atomic E-state index is 10.9. The van der Waals surface area contributed by atoms with Crippen LogP contribution in [0.5, 0.6) is 0 Å². The van der Waals surface area contributed by atoms with Crippen molar-refractivity contribution in [2.45, 2.75) is 60.0 Å². The highest BCUT2D eigenvalue weighted by molar-refractivity contribution is 5.75. The summed E-state index contributed by atoms with van der Waals surface area (Å²) in [5.41, 5.74) is 0. The van der Waals surface area contributed by atoms with Crippen molar-refractivity contribution in [3.05, 3.63) is 0 Å². The molecule has 1 saturated heterocycles. The Bertz CT molecular complexity index is 138. The van der Waals surface area contributed by atoms with Gasteiger partial charge in [-0.2, -0.15) is 0 Å². The Morgan fingerprint density at radius 3 is 1.87 bits per heavy atom. The topological polar surface area (TPSA) is 40.5 Å². The molecule has 0 atom stereocenters. The van der Waals surface area contributed by atoms with Gasteiger partial charge in [0, 0.05) is 25.6 Å². The molecule has 15 heavy (non-hydrogen) atoms. The monoisotopic (exact) mass is 217 g/mol. The molecule has 0 spiro atoms. The molecule has 0 aliphatic carbocycles. The summed E-state index contributed by atoms with van der Waals surface area (Å²) in [6, 6.07) is 0. The fourth-order valence-electron chi connectivity index (χ4n) is 1.19. The summed E-state index contributed by atoms with van der Waals surface area (Å²) in [5, 5.41) is 8.06. The summed E-state index contributed by atoms with van der Waals surface area (Å²) in [6.07, 6.45) is 2.90. The van der Waals surface area contributed by atoms with E-state index in [9.17, 15) is 4.79 Å². The van der Waals surface area contributed by atoms with Gasteiger partial charge in [-0.15, -0.1) is 0 Å². The minimum Gasteiger partial charge on any atom is -0.394 e. The first kappa shape index (κ1) is 16.8. The summed E-state index contributed by atoms with van der Waals surface area (Å²) >= 11 is 0. The fourth-order valence-corrected chi connectivity index (χ4v) is 1.19. The van der Waals surface area contributed by atoms with Crippen LogP contribution in [0.1, 0.15) is 53.9 Å². The molecule has 0 radical (unpaired) electrons. The van der Waals surface area contributed by atoms with Crippen LogP contribution in [0.15, 0.2) is 0 Å². The van der Waals surface area contributed by atoms with Gasteiger partial charge in [-0.25, -0.2) is 0 Å². The Morgan fingerprint density at radius 2 is 1.60 bits per heavy atom. The molecule has 1 N–H and O–H groups in total. The van der Waals surface area contributed by atoms with E-state index in [1.807, 2.05) is 25.7 Å². The van der Waals surface area contributed by atoms with Crippen molar-refractivity contribution in [1.82, 2.24) is 4.90 Å². The van der Waals surface area contributed by atoms with Crippen LogP contribution >= 0.6 is 0 Å². The molecule has 0 aromatic rings. The van der Waals surface area contributed by atoms with Crippen molar-refractivity contribution in [2.24, 2.45) is 0 Å². The fraction of sp³-hybridized carbons (Fsp3) is 0.917. The first-order valence-electron chi connectivity index (χ1n) is 6.03. The van der Waals surface area contributed by atoms with Gasteiger partial charge in [-0.05, 0) is 26.7 Å². The van der Waals surface area contributed by atoms with Crippen LogP contribution in [0.3, 0.4) is 0 Å². The van der Waals surface area contributed by atoms with Crippen molar-refractivity contribution in [2.75, 3.05) is 13.1 Å². The lowest BCUT2D eigenvalue weighted by Crippen LogP contribution is -2.26. The summed E-state index contributed by atoms with van der Waals surface area (Å²) in [4.78, 5) is 12.9. The van der Waals surface area contributed by atoms with Gasteiger partial charge in [0.25, 0.3) is 0 Å². The number of aliphatic hydroxyl groups is 1. The van der Waals surface area contributed by atoms with E-state index in [0.29, 0.717) is 12.3 Å². The van der Waals surface area contributed by atoms with E-state index in [-0.39, 0.29) is 6.10 Å². The number of hydrogen-bond acceptors (Lipinski definition) is 2. The Kier molecular flexibility index (Phi) is 12.9. The quantitative estimate of drug-likeness (QED) is 0.733. The number of carbonyl (C=O) groups is 1. The molecule has 0 aromatic carbocycles. The molecular formula is C12H27NO2. The van der Waals surface area contributed by atoms with Crippen LogP contribution < -0.4 is 0 Å². The molecule has 1 aliphatic heterocycles. The van der Waals surface area contributed by atoms with Crippen molar-refractivity contribution >= 4 is 5.91 Å². The molecule has 3 heteroatoms. The molecular weight excluding hydrogens is 190 g/mol. The summed E-state index contributed by atoms with van der Waals surface area (Å²) in [7, 11) is 0. The molecule has 1 amide bonds. The molecule has 0 saturated carbocycles. The van der Waals surface area contributed by atoms with Crippen molar-refractivity contribution < 1.29 is 9.90 Å². The van der Waals surface area contributed by atoms with Gasteiger partial charge >= 0.3 is 0 Å². The minimum absolute atomic E-state index is 0.167. The number of nitrogens with zero attached hydrogens (tertiary/aromatic N) is 1. The van der Waals surface area contributed by atoms with Crippen LogP contribution in [0.25, 0.3) is 0 Å². The third kappa shape index (κ3) is 11.4. The molecule has 1 heterocycles. The number of carbonyl (C=O) groups excluding carboxylic acids is 1. The van der Waals surface area contributed by atoms with Crippen LogP contribution in [-0.2, 0) is 4.79 Å². The van der Waals surface area contributed by atoms with Gasteiger partial charge < -0.3 is 10.0 Å². The maximum absolute atomic E-state index is 10.9. The van der Waals surface area contributed by atoms with Crippen LogP contribution in [0, 0.1) is 0 Å². The Hall–Kier alpha value is -0.570. The van der Waals surface area contributed by atoms with Crippen LogP contribution in [-0.4, -0.2) is 35.1 Å². The standard InChI is InChI=1S/C7H13NO.C3H8O.C2H6/c1-2-7(9)8-5-3-4-6-8;1-3(2)4;1-2/h2-6H2,1H3;3-4H,1-2H3;1-2H3. The molecule has 0 aromatic heterocycles. The van der Waals surface area contributed by atoms with E-state index in [1.54, 1.807) is 13.8 Å². The van der Waals surface area contributed by atoms with Crippen molar-refractivity contribution in [3.63, 3.8) is 0 Å². The summed E-state index contributed by atoms with van der Waals surface area (Å²) in [5.74, 6) is 0.313. The van der Waals surface area contributed by atoms with Gasteiger partial charge in [-0.3, -0.25) is 4.79 Å². The first-order chi connectivity index (χ1) is 7.07. The number of rotatable bonds is 1. The van der Waals surface area contributed by atoms with E-state index in [2.05, 4.69) is 0 Å². The second-order valence-corrected chi connectivity index (χ2v) is 3.54. The van der Waals surface area contributed by atoms with Gasteiger partial charge in [0.2, 0.25) is 5.91 Å². The van der Waals surface area contributed by atoms with E-state index in [1.165, 1.54) is 12.8 Å². The minimum atomic E-state index is -0.167.